The second-order valence-corrected chi connectivity index (χ2v) is 8.95. The summed E-state index contributed by atoms with van der Waals surface area (Å²) in [6.07, 6.45) is 3.60. The van der Waals surface area contributed by atoms with E-state index in [1.165, 1.54) is 0 Å². The minimum Gasteiger partial charge on any atom is -0.436 e. The quantitative estimate of drug-likeness (QED) is 0.635. The van der Waals surface area contributed by atoms with Gasteiger partial charge in [-0.25, -0.2) is 4.52 Å². The summed E-state index contributed by atoms with van der Waals surface area (Å²) in [5.74, 6) is 1.93. The van der Waals surface area contributed by atoms with Crippen LogP contribution in [0.2, 0.25) is 0 Å². The van der Waals surface area contributed by atoms with Gasteiger partial charge < -0.3 is 24.3 Å². The van der Waals surface area contributed by atoms with Gasteiger partial charge in [0.25, 0.3) is 0 Å². The molecule has 31 heavy (non-hydrogen) atoms. The highest BCUT2D eigenvalue weighted by atomic mass is 16.7. The fraction of sp³-hybridized carbons (Fsp3) is 0.476. The molecule has 2 fully saturated rings. The monoisotopic (exact) mass is 422 g/mol. The lowest BCUT2D eigenvalue weighted by molar-refractivity contribution is 0.00578. The van der Waals surface area contributed by atoms with Crippen LogP contribution in [0.3, 0.4) is 0 Å². The van der Waals surface area contributed by atoms with E-state index >= 15 is 0 Å². The Labute approximate surface area is 181 Å². The molecule has 2 saturated heterocycles. The van der Waals surface area contributed by atoms with Gasteiger partial charge in [0.1, 0.15) is 5.75 Å². The highest BCUT2D eigenvalue weighted by Crippen LogP contribution is 2.36. The van der Waals surface area contributed by atoms with Crippen LogP contribution < -0.4 is 20.4 Å². The van der Waals surface area contributed by atoms with Gasteiger partial charge in [0.2, 0.25) is 5.88 Å². The smallest absolute Gasteiger partial charge is 0.436 e. The summed E-state index contributed by atoms with van der Waals surface area (Å²) in [4.78, 5) is 2.21. The Balaban J connectivity index is 1.32. The number of anilines is 1. The van der Waals surface area contributed by atoms with Crippen LogP contribution in [0.25, 0.3) is 5.52 Å². The topological polar surface area (TPSA) is 86.0 Å². The van der Waals surface area contributed by atoms with Gasteiger partial charge in [0.15, 0.2) is 5.82 Å². The molecule has 10 heteroatoms. The summed E-state index contributed by atoms with van der Waals surface area (Å²) < 4.78 is 20.0. The Morgan fingerprint density at radius 3 is 2.42 bits per heavy atom. The van der Waals surface area contributed by atoms with Crippen LogP contribution >= 0.6 is 0 Å². The van der Waals surface area contributed by atoms with E-state index in [1.807, 2.05) is 58.2 Å². The van der Waals surface area contributed by atoms with Crippen LogP contribution in [0.5, 0.6) is 11.6 Å². The second kappa shape index (κ2) is 7.47. The van der Waals surface area contributed by atoms with Gasteiger partial charge in [-0.1, -0.05) is 0 Å². The van der Waals surface area contributed by atoms with E-state index in [4.69, 9.17) is 14.0 Å². The van der Waals surface area contributed by atoms with E-state index in [0.717, 1.165) is 43.0 Å². The normalized spacial score (nSPS) is 20.4. The largest absolute Gasteiger partial charge is 0.498 e. The van der Waals surface area contributed by atoms with Crippen LogP contribution in [0.15, 0.2) is 36.7 Å². The molecule has 5 rings (SSSR count). The molecular weight excluding hydrogens is 395 g/mol. The zero-order chi connectivity index (χ0) is 21.6. The Bertz CT molecular complexity index is 1060. The molecule has 0 unspecified atom stereocenters. The first kappa shape index (κ1) is 20.2. The molecule has 0 amide bonds. The minimum atomic E-state index is -0.460. The van der Waals surface area contributed by atoms with Crippen molar-refractivity contribution in [3.8, 4) is 11.6 Å². The number of rotatable bonds is 4. The fourth-order valence-corrected chi connectivity index (χ4v) is 3.75. The first-order valence-corrected chi connectivity index (χ1v) is 10.6. The molecule has 0 saturated carbocycles. The maximum Gasteiger partial charge on any atom is 0.498 e. The average Bonchev–Trinajstić information content (AvgIpc) is 3.26. The number of pyridine rings is 1. The van der Waals surface area contributed by atoms with E-state index in [2.05, 4.69) is 25.5 Å². The van der Waals surface area contributed by atoms with Crippen molar-refractivity contribution in [2.24, 2.45) is 0 Å². The minimum absolute atomic E-state index is 0.398. The number of fused-ring (bicyclic) bond motifs is 1. The molecule has 9 nitrogen and oxygen atoms in total. The van der Waals surface area contributed by atoms with Crippen LogP contribution in [0, 0.1) is 0 Å². The molecule has 0 spiro atoms. The number of aromatic nitrogens is 4. The third-order valence-corrected chi connectivity index (χ3v) is 6.32. The van der Waals surface area contributed by atoms with Crippen molar-refractivity contribution in [2.45, 2.75) is 38.9 Å². The van der Waals surface area contributed by atoms with Gasteiger partial charge in [0, 0.05) is 43.9 Å². The first-order valence-electron chi connectivity index (χ1n) is 10.6. The zero-order valence-corrected chi connectivity index (χ0v) is 18.3. The third kappa shape index (κ3) is 3.75. The highest BCUT2D eigenvalue weighted by molar-refractivity contribution is 6.64. The van der Waals surface area contributed by atoms with Crippen molar-refractivity contribution >= 4 is 23.9 Å². The number of hydrogen-bond acceptors (Lipinski definition) is 8. The van der Waals surface area contributed by atoms with Crippen LogP contribution in [-0.4, -0.2) is 64.3 Å². The molecule has 162 valence electrons. The SMILES string of the molecule is CC1(C)OB(c2cnn3cc(Oc4ccc(N5CCNCC5)nn4)ccc23)OC1(C)C. The summed E-state index contributed by atoms with van der Waals surface area (Å²) in [6.45, 7) is 11.9. The maximum atomic E-state index is 6.17. The Kier molecular flexibility index (Phi) is 4.88. The summed E-state index contributed by atoms with van der Waals surface area (Å²) >= 11 is 0. The lowest BCUT2D eigenvalue weighted by atomic mass is 9.80. The van der Waals surface area contributed by atoms with Gasteiger partial charge in [-0.05, 0) is 45.9 Å². The third-order valence-electron chi connectivity index (χ3n) is 6.32. The summed E-state index contributed by atoms with van der Waals surface area (Å²) in [6, 6.07) is 7.62. The molecule has 0 atom stereocenters. The Morgan fingerprint density at radius 2 is 1.74 bits per heavy atom. The number of ether oxygens (including phenoxy) is 1. The molecule has 0 aromatic carbocycles. The van der Waals surface area contributed by atoms with Crippen LogP contribution in [-0.2, 0) is 9.31 Å². The van der Waals surface area contributed by atoms with Crippen molar-refractivity contribution in [3.63, 3.8) is 0 Å². The molecule has 2 aliphatic rings. The highest BCUT2D eigenvalue weighted by Gasteiger charge is 2.52. The zero-order valence-electron chi connectivity index (χ0n) is 18.3. The van der Waals surface area contributed by atoms with Crippen LogP contribution in [0.1, 0.15) is 27.7 Å². The molecule has 3 aromatic rings. The van der Waals surface area contributed by atoms with Gasteiger partial charge in [-0.15, -0.1) is 10.2 Å². The molecule has 3 aromatic heterocycles. The lowest BCUT2D eigenvalue weighted by Gasteiger charge is -2.32. The number of piperazine rings is 1. The molecule has 0 radical (unpaired) electrons. The molecule has 2 aliphatic heterocycles. The lowest BCUT2D eigenvalue weighted by Crippen LogP contribution is -2.43. The second-order valence-electron chi connectivity index (χ2n) is 8.95. The molecule has 0 aliphatic carbocycles. The van der Waals surface area contributed by atoms with Gasteiger partial charge in [-0.2, -0.15) is 5.10 Å². The van der Waals surface area contributed by atoms with Crippen molar-refractivity contribution in [1.82, 2.24) is 25.1 Å². The predicted octanol–water partition coefficient (Wildman–Crippen LogP) is 1.63. The fourth-order valence-electron chi connectivity index (χ4n) is 3.75. The van der Waals surface area contributed by atoms with Gasteiger partial charge >= 0.3 is 7.12 Å². The number of nitrogens with zero attached hydrogens (tertiary/aromatic N) is 5. The van der Waals surface area contributed by atoms with Crippen LogP contribution in [0.4, 0.5) is 5.82 Å². The standard InChI is InChI=1S/C21H27BN6O3/c1-20(2)21(3,4)31-22(30-20)16-13-24-28-14-15(5-6-17(16)28)29-19-8-7-18(25-26-19)27-11-9-23-10-12-27/h5-8,13-14,23H,9-12H2,1-4H3. The van der Waals surface area contributed by atoms with E-state index in [9.17, 15) is 0 Å². The molecular formula is C21H27BN6O3. The molecule has 1 N–H and O–H groups in total. The average molecular weight is 422 g/mol. The summed E-state index contributed by atoms with van der Waals surface area (Å²) in [5.41, 5.74) is 1.01. The predicted molar refractivity (Wildman–Crippen MR) is 118 cm³/mol. The maximum absolute atomic E-state index is 6.17. The van der Waals surface area contributed by atoms with E-state index in [-0.39, 0.29) is 0 Å². The Morgan fingerprint density at radius 1 is 1.00 bits per heavy atom. The summed E-state index contributed by atoms with van der Waals surface area (Å²) in [7, 11) is -0.460. The first-order chi connectivity index (χ1) is 14.8. The number of hydrogen-bond donors (Lipinski definition) is 1. The molecule has 5 heterocycles. The van der Waals surface area contributed by atoms with Crippen molar-refractivity contribution < 1.29 is 14.0 Å². The van der Waals surface area contributed by atoms with Crippen molar-refractivity contribution in [2.75, 3.05) is 31.1 Å². The van der Waals surface area contributed by atoms with Crippen molar-refractivity contribution in [1.29, 1.82) is 0 Å². The Hall–Kier alpha value is -2.69. The van der Waals surface area contributed by atoms with Gasteiger partial charge in [0.05, 0.1) is 22.9 Å². The summed E-state index contributed by atoms with van der Waals surface area (Å²) in [5, 5.41) is 16.3. The van der Waals surface area contributed by atoms with Crippen molar-refractivity contribution in [3.05, 3.63) is 36.7 Å². The number of nitrogens with one attached hydrogen (secondary N) is 1. The molecule has 0 bridgehead atoms. The van der Waals surface area contributed by atoms with Gasteiger partial charge in [-0.3, -0.25) is 0 Å². The van der Waals surface area contributed by atoms with E-state index in [0.29, 0.717) is 11.6 Å². The van der Waals surface area contributed by atoms with E-state index < -0.39 is 18.3 Å². The van der Waals surface area contributed by atoms with E-state index in [1.54, 1.807) is 10.7 Å².